The highest BCUT2D eigenvalue weighted by Crippen LogP contribution is 2.38. The SMILES string of the molecule is N#Cc1cc(F)c(Nc2nc3cnc(N[C@@H]4CCOC4)nc3n2[C@H]2CC[C@@H](C(N)=O)CC2)c(Cl)c1. The topological polar surface area (TPSA) is 144 Å². The fourth-order valence-corrected chi connectivity index (χ4v) is 4.97. The molecule has 2 aliphatic rings. The van der Waals surface area contributed by atoms with Crippen molar-refractivity contribution in [1.29, 1.82) is 5.26 Å². The first-order valence-corrected chi connectivity index (χ1v) is 11.9. The molecule has 35 heavy (non-hydrogen) atoms. The van der Waals surface area contributed by atoms with Crippen molar-refractivity contribution in [3.05, 3.63) is 34.7 Å². The van der Waals surface area contributed by atoms with Gasteiger partial charge in [0, 0.05) is 18.6 Å². The lowest BCUT2D eigenvalue weighted by molar-refractivity contribution is -0.122. The number of ether oxygens (including phenoxy) is 1. The Balaban J connectivity index is 1.54. The number of benzene rings is 1. The highest BCUT2D eigenvalue weighted by atomic mass is 35.5. The van der Waals surface area contributed by atoms with E-state index in [2.05, 4.69) is 20.6 Å². The van der Waals surface area contributed by atoms with Crippen molar-refractivity contribution in [3.63, 3.8) is 0 Å². The maximum Gasteiger partial charge on any atom is 0.225 e. The summed E-state index contributed by atoms with van der Waals surface area (Å²) in [6.45, 7) is 1.27. The summed E-state index contributed by atoms with van der Waals surface area (Å²) in [5.74, 6) is -0.328. The summed E-state index contributed by atoms with van der Waals surface area (Å²) in [6, 6.07) is 4.48. The van der Waals surface area contributed by atoms with E-state index >= 15 is 0 Å². The highest BCUT2D eigenvalue weighted by molar-refractivity contribution is 6.33. The minimum Gasteiger partial charge on any atom is -0.379 e. The van der Waals surface area contributed by atoms with Gasteiger partial charge in [-0.15, -0.1) is 0 Å². The van der Waals surface area contributed by atoms with Gasteiger partial charge in [-0.2, -0.15) is 10.2 Å². The zero-order chi connectivity index (χ0) is 24.5. The average Bonchev–Trinajstić information content (AvgIpc) is 3.48. The van der Waals surface area contributed by atoms with E-state index in [0.29, 0.717) is 62.0 Å². The van der Waals surface area contributed by atoms with Gasteiger partial charge in [0.2, 0.25) is 17.8 Å². The van der Waals surface area contributed by atoms with E-state index in [1.807, 2.05) is 10.6 Å². The van der Waals surface area contributed by atoms with Gasteiger partial charge in [0.1, 0.15) is 11.3 Å². The number of aromatic nitrogens is 4. The van der Waals surface area contributed by atoms with Crippen molar-refractivity contribution in [1.82, 2.24) is 19.5 Å². The third-order valence-corrected chi connectivity index (χ3v) is 6.87. The quantitative estimate of drug-likeness (QED) is 0.467. The Labute approximate surface area is 205 Å². The van der Waals surface area contributed by atoms with Gasteiger partial charge in [-0.3, -0.25) is 9.36 Å². The summed E-state index contributed by atoms with van der Waals surface area (Å²) in [5.41, 5.74) is 6.77. The van der Waals surface area contributed by atoms with Crippen molar-refractivity contribution >= 4 is 46.3 Å². The van der Waals surface area contributed by atoms with E-state index in [1.54, 1.807) is 6.20 Å². The van der Waals surface area contributed by atoms with Crippen LogP contribution in [0.25, 0.3) is 11.2 Å². The van der Waals surface area contributed by atoms with Crippen molar-refractivity contribution < 1.29 is 13.9 Å². The molecule has 1 saturated heterocycles. The molecule has 2 aromatic heterocycles. The van der Waals surface area contributed by atoms with Crippen molar-refractivity contribution in [2.75, 3.05) is 23.8 Å². The Hall–Kier alpha value is -3.49. The van der Waals surface area contributed by atoms with Gasteiger partial charge in [-0.1, -0.05) is 11.6 Å². The van der Waals surface area contributed by atoms with Crippen molar-refractivity contribution in [2.24, 2.45) is 11.7 Å². The molecule has 0 unspecified atom stereocenters. The maximum atomic E-state index is 14.8. The van der Waals surface area contributed by atoms with E-state index in [1.165, 1.54) is 6.07 Å². The number of rotatable bonds is 6. The standard InChI is InChI=1S/C23H24ClFN8O2/c24-16-7-12(9-26)8-17(25)19(16)31-23-30-18-10-28-22(29-14-5-6-35-11-14)32-21(18)33(23)15-3-1-13(2-4-15)20(27)34/h7-8,10,13-15H,1-6,11H2,(H2,27,34)(H,30,31)(H,28,29,32)/t13-,14-,15+/m1/s1. The van der Waals surface area contributed by atoms with Crippen LogP contribution in [0.4, 0.5) is 22.0 Å². The minimum atomic E-state index is -0.667. The number of hydrogen-bond donors (Lipinski definition) is 3. The molecule has 0 radical (unpaired) electrons. The number of hydrogen-bond acceptors (Lipinski definition) is 8. The molecular formula is C23H24ClFN8O2. The largest absolute Gasteiger partial charge is 0.379 e. The molecule has 182 valence electrons. The molecule has 1 amide bonds. The van der Waals surface area contributed by atoms with Gasteiger partial charge >= 0.3 is 0 Å². The molecule has 2 fully saturated rings. The second-order valence-electron chi connectivity index (χ2n) is 8.87. The molecular weight excluding hydrogens is 475 g/mol. The van der Waals surface area contributed by atoms with Crippen LogP contribution in [0.15, 0.2) is 18.3 Å². The van der Waals surface area contributed by atoms with Crippen molar-refractivity contribution in [2.45, 2.75) is 44.2 Å². The number of primary amides is 1. The lowest BCUT2D eigenvalue weighted by atomic mass is 9.85. The third-order valence-electron chi connectivity index (χ3n) is 6.57. The average molecular weight is 499 g/mol. The summed E-state index contributed by atoms with van der Waals surface area (Å²) in [5, 5.41) is 15.5. The van der Waals surface area contributed by atoms with Gasteiger partial charge in [0.25, 0.3) is 0 Å². The number of amides is 1. The first-order valence-electron chi connectivity index (χ1n) is 11.5. The number of nitrogens with two attached hydrogens (primary N) is 1. The second-order valence-corrected chi connectivity index (χ2v) is 9.28. The molecule has 0 bridgehead atoms. The highest BCUT2D eigenvalue weighted by Gasteiger charge is 2.30. The third kappa shape index (κ3) is 4.72. The van der Waals surface area contributed by atoms with Crippen LogP contribution in [0.3, 0.4) is 0 Å². The molecule has 3 aromatic rings. The lowest BCUT2D eigenvalue weighted by Gasteiger charge is -2.29. The van der Waals surface area contributed by atoms with Crippen LogP contribution >= 0.6 is 11.6 Å². The number of halogens is 2. The monoisotopic (exact) mass is 498 g/mol. The molecule has 12 heteroatoms. The summed E-state index contributed by atoms with van der Waals surface area (Å²) < 4.78 is 22.1. The van der Waals surface area contributed by atoms with E-state index in [9.17, 15) is 9.18 Å². The molecule has 4 N–H and O–H groups in total. The Kier molecular flexibility index (Phi) is 6.40. The Bertz CT molecular complexity index is 1290. The molecule has 1 aliphatic heterocycles. The zero-order valence-electron chi connectivity index (χ0n) is 18.8. The summed E-state index contributed by atoms with van der Waals surface area (Å²) in [4.78, 5) is 25.4. The number of nitrogens with one attached hydrogen (secondary N) is 2. The van der Waals surface area contributed by atoms with Crippen LogP contribution in [0.2, 0.25) is 5.02 Å². The fourth-order valence-electron chi connectivity index (χ4n) is 4.71. The van der Waals surface area contributed by atoms with Gasteiger partial charge in [0.15, 0.2) is 5.65 Å². The van der Waals surface area contributed by atoms with Gasteiger partial charge in [0.05, 0.1) is 41.2 Å². The first kappa shape index (κ1) is 23.3. The van der Waals surface area contributed by atoms with Crippen LogP contribution in [-0.4, -0.2) is 44.7 Å². The predicted molar refractivity (Wildman–Crippen MR) is 128 cm³/mol. The Morgan fingerprint density at radius 2 is 2.06 bits per heavy atom. The molecule has 3 heterocycles. The van der Waals surface area contributed by atoms with Crippen LogP contribution in [-0.2, 0) is 9.53 Å². The Morgan fingerprint density at radius 3 is 2.71 bits per heavy atom. The number of anilines is 3. The molecule has 1 saturated carbocycles. The molecule has 5 rings (SSSR count). The summed E-state index contributed by atoms with van der Waals surface area (Å²) in [6.07, 6.45) is 5.12. The summed E-state index contributed by atoms with van der Waals surface area (Å²) in [7, 11) is 0. The second kappa shape index (κ2) is 9.64. The predicted octanol–water partition coefficient (Wildman–Crippen LogP) is 3.65. The maximum absolute atomic E-state index is 14.8. The van der Waals surface area contributed by atoms with Crippen LogP contribution in [0, 0.1) is 23.1 Å². The van der Waals surface area contributed by atoms with E-state index in [4.69, 9.17) is 32.3 Å². The number of nitriles is 1. The first-order chi connectivity index (χ1) is 16.9. The van der Waals surface area contributed by atoms with Gasteiger partial charge in [-0.05, 0) is 44.2 Å². The van der Waals surface area contributed by atoms with E-state index in [0.717, 1.165) is 12.5 Å². The van der Waals surface area contributed by atoms with Crippen LogP contribution in [0.1, 0.15) is 43.7 Å². The summed E-state index contributed by atoms with van der Waals surface area (Å²) >= 11 is 6.28. The van der Waals surface area contributed by atoms with Crippen molar-refractivity contribution in [3.8, 4) is 6.07 Å². The van der Waals surface area contributed by atoms with E-state index in [-0.39, 0.29) is 40.2 Å². The molecule has 1 aromatic carbocycles. The van der Waals surface area contributed by atoms with E-state index < -0.39 is 5.82 Å². The molecule has 1 aliphatic carbocycles. The lowest BCUT2D eigenvalue weighted by Crippen LogP contribution is -2.29. The number of imidazole rings is 1. The van der Waals surface area contributed by atoms with Gasteiger partial charge in [-0.25, -0.2) is 14.4 Å². The number of carbonyl (C=O) groups excluding carboxylic acids is 1. The van der Waals surface area contributed by atoms with Gasteiger partial charge < -0.3 is 21.1 Å². The number of nitrogens with zero attached hydrogens (tertiary/aromatic N) is 5. The molecule has 0 spiro atoms. The Morgan fingerprint density at radius 1 is 1.26 bits per heavy atom. The van der Waals surface area contributed by atoms with Crippen LogP contribution < -0.4 is 16.4 Å². The zero-order valence-corrected chi connectivity index (χ0v) is 19.6. The number of carbonyl (C=O) groups is 1. The smallest absolute Gasteiger partial charge is 0.225 e. The minimum absolute atomic E-state index is 0.0162. The fraction of sp³-hybridized carbons (Fsp3) is 0.435. The van der Waals surface area contributed by atoms with Crippen LogP contribution in [0.5, 0.6) is 0 Å². The molecule has 10 nitrogen and oxygen atoms in total. The normalized spacial score (nSPS) is 22.1. The number of fused-ring (bicyclic) bond motifs is 1. The molecule has 1 atom stereocenters.